The fourth-order valence-corrected chi connectivity index (χ4v) is 3.89. The maximum atomic E-state index is 10.9. The van der Waals surface area contributed by atoms with Crippen molar-refractivity contribution in [1.29, 1.82) is 0 Å². The Kier molecular flexibility index (Phi) is 4.06. The highest BCUT2D eigenvalue weighted by Crippen LogP contribution is 2.49. The van der Waals surface area contributed by atoms with Gasteiger partial charge in [0.25, 0.3) is 0 Å². The number of aliphatic hydroxyl groups is 1. The second-order valence-electron chi connectivity index (χ2n) is 7.17. The van der Waals surface area contributed by atoms with E-state index >= 15 is 0 Å². The smallest absolute Gasteiger partial charge is 0.0825 e. The second-order valence-corrected chi connectivity index (χ2v) is 7.17. The molecule has 0 unspecified atom stereocenters. The number of rotatable bonds is 2. The van der Waals surface area contributed by atoms with Crippen molar-refractivity contribution >= 4 is 0 Å². The topological polar surface area (TPSA) is 20.2 Å². The molecular formula is C18H28O. The molecule has 1 N–H and O–H groups in total. The van der Waals surface area contributed by atoms with Gasteiger partial charge in [-0.25, -0.2) is 0 Å². The first kappa shape index (κ1) is 14.6. The molecule has 0 heterocycles. The zero-order valence-corrected chi connectivity index (χ0v) is 13.0. The van der Waals surface area contributed by atoms with E-state index in [0.717, 1.165) is 5.56 Å². The number of hydrogen-bond donors (Lipinski definition) is 1. The third kappa shape index (κ3) is 2.86. The van der Waals surface area contributed by atoms with Crippen molar-refractivity contribution in [2.24, 2.45) is 17.3 Å². The first-order valence-electron chi connectivity index (χ1n) is 7.58. The summed E-state index contributed by atoms with van der Waals surface area (Å²) < 4.78 is 0. The van der Waals surface area contributed by atoms with Crippen molar-refractivity contribution in [2.75, 3.05) is 0 Å². The molecule has 1 saturated carbocycles. The van der Waals surface area contributed by atoms with E-state index in [1.807, 2.05) is 0 Å². The number of aryl methyl sites for hydroxylation is 2. The van der Waals surface area contributed by atoms with Gasteiger partial charge in [0, 0.05) is 0 Å². The zero-order chi connectivity index (χ0) is 14.2. The van der Waals surface area contributed by atoms with Crippen molar-refractivity contribution in [2.45, 2.75) is 60.0 Å². The summed E-state index contributed by atoms with van der Waals surface area (Å²) in [6.45, 7) is 11.2. The molecule has 1 fully saturated rings. The van der Waals surface area contributed by atoms with Crippen LogP contribution in [0.2, 0.25) is 0 Å². The molecule has 3 atom stereocenters. The first-order valence-corrected chi connectivity index (χ1v) is 7.58. The van der Waals surface area contributed by atoms with Crippen LogP contribution in [0.5, 0.6) is 0 Å². The average molecular weight is 260 g/mol. The van der Waals surface area contributed by atoms with E-state index in [2.05, 4.69) is 52.8 Å². The van der Waals surface area contributed by atoms with Gasteiger partial charge >= 0.3 is 0 Å². The molecule has 0 spiro atoms. The van der Waals surface area contributed by atoms with E-state index in [1.54, 1.807) is 0 Å². The van der Waals surface area contributed by atoms with Crippen LogP contribution in [-0.4, -0.2) is 5.11 Å². The monoisotopic (exact) mass is 260 g/mol. The van der Waals surface area contributed by atoms with E-state index in [1.165, 1.54) is 30.4 Å². The Morgan fingerprint density at radius 3 is 2.47 bits per heavy atom. The summed E-state index contributed by atoms with van der Waals surface area (Å²) in [5, 5.41) is 10.9. The van der Waals surface area contributed by atoms with Crippen LogP contribution in [0, 0.1) is 31.1 Å². The molecule has 1 nitrogen and oxygen atoms in total. The largest absolute Gasteiger partial charge is 0.388 e. The van der Waals surface area contributed by atoms with Crippen LogP contribution in [0.1, 0.15) is 62.8 Å². The molecule has 0 bridgehead atoms. The number of benzene rings is 1. The van der Waals surface area contributed by atoms with Crippen LogP contribution in [0.25, 0.3) is 0 Å². The zero-order valence-electron chi connectivity index (χ0n) is 13.0. The van der Waals surface area contributed by atoms with E-state index in [0.29, 0.717) is 11.8 Å². The molecule has 0 radical (unpaired) electrons. The molecule has 1 aromatic carbocycles. The van der Waals surface area contributed by atoms with Crippen LogP contribution >= 0.6 is 0 Å². The molecule has 0 saturated heterocycles. The van der Waals surface area contributed by atoms with Crippen molar-refractivity contribution in [3.8, 4) is 0 Å². The quantitative estimate of drug-likeness (QED) is 0.810. The molecule has 0 amide bonds. The predicted octanol–water partition coefficient (Wildman–Crippen LogP) is 4.80. The Bertz CT molecular complexity index is 447. The highest BCUT2D eigenvalue weighted by Gasteiger charge is 2.41. The molecule has 2 rings (SSSR count). The Morgan fingerprint density at radius 1 is 1.21 bits per heavy atom. The SMILES string of the molecule is Cc1ccc([C@@H](O)[C@@H]2[C@@H](C)CCCC2(C)C)cc1C. The van der Waals surface area contributed by atoms with Gasteiger partial charge in [-0.05, 0) is 54.2 Å². The molecule has 1 aromatic rings. The minimum absolute atomic E-state index is 0.232. The lowest BCUT2D eigenvalue weighted by atomic mass is 9.61. The molecule has 0 aromatic heterocycles. The highest BCUT2D eigenvalue weighted by molar-refractivity contribution is 5.31. The summed E-state index contributed by atoms with van der Waals surface area (Å²) in [6.07, 6.45) is 3.44. The van der Waals surface area contributed by atoms with Gasteiger partial charge in [-0.15, -0.1) is 0 Å². The van der Waals surface area contributed by atoms with Crippen molar-refractivity contribution in [1.82, 2.24) is 0 Å². The minimum Gasteiger partial charge on any atom is -0.388 e. The molecule has 106 valence electrons. The summed E-state index contributed by atoms with van der Waals surface area (Å²) in [5.74, 6) is 0.962. The van der Waals surface area contributed by atoms with Crippen LogP contribution in [0.15, 0.2) is 18.2 Å². The Hall–Kier alpha value is -0.820. The third-order valence-corrected chi connectivity index (χ3v) is 5.21. The Morgan fingerprint density at radius 2 is 1.89 bits per heavy atom. The number of hydrogen-bond acceptors (Lipinski definition) is 1. The van der Waals surface area contributed by atoms with Gasteiger partial charge < -0.3 is 5.11 Å². The van der Waals surface area contributed by atoms with Crippen LogP contribution in [0.4, 0.5) is 0 Å². The lowest BCUT2D eigenvalue weighted by molar-refractivity contribution is -0.0293. The first-order chi connectivity index (χ1) is 8.83. The Labute approximate surface area is 118 Å². The van der Waals surface area contributed by atoms with Gasteiger partial charge in [-0.2, -0.15) is 0 Å². The summed E-state index contributed by atoms with van der Waals surface area (Å²) in [4.78, 5) is 0. The van der Waals surface area contributed by atoms with E-state index in [-0.39, 0.29) is 11.5 Å². The summed E-state index contributed by atoms with van der Waals surface area (Å²) >= 11 is 0. The number of aliphatic hydroxyl groups excluding tert-OH is 1. The molecule has 1 heteroatoms. The van der Waals surface area contributed by atoms with Crippen LogP contribution in [0.3, 0.4) is 0 Å². The van der Waals surface area contributed by atoms with Gasteiger partial charge in [0.15, 0.2) is 0 Å². The highest BCUT2D eigenvalue weighted by atomic mass is 16.3. The molecule has 1 aliphatic carbocycles. The second kappa shape index (κ2) is 5.28. The molecule has 0 aliphatic heterocycles. The lowest BCUT2D eigenvalue weighted by Gasteiger charge is -2.45. The van der Waals surface area contributed by atoms with E-state index in [9.17, 15) is 5.11 Å². The lowest BCUT2D eigenvalue weighted by Crippen LogP contribution is -2.37. The summed E-state index contributed by atoms with van der Waals surface area (Å²) in [6, 6.07) is 6.40. The standard InChI is InChI=1S/C18H28O/c1-12-8-9-15(11-14(12)3)17(19)16-13(2)7-6-10-18(16,4)5/h8-9,11,13,16-17,19H,6-7,10H2,1-5H3/t13-,16-,17+/m0/s1. The maximum absolute atomic E-state index is 10.9. The van der Waals surface area contributed by atoms with Crippen LogP contribution < -0.4 is 0 Å². The van der Waals surface area contributed by atoms with Gasteiger partial charge in [0.2, 0.25) is 0 Å². The minimum atomic E-state index is -0.329. The van der Waals surface area contributed by atoms with Crippen molar-refractivity contribution < 1.29 is 5.11 Å². The summed E-state index contributed by atoms with van der Waals surface area (Å²) in [7, 11) is 0. The van der Waals surface area contributed by atoms with Crippen molar-refractivity contribution in [3.05, 3.63) is 34.9 Å². The van der Waals surface area contributed by atoms with E-state index in [4.69, 9.17) is 0 Å². The van der Waals surface area contributed by atoms with Crippen LogP contribution in [-0.2, 0) is 0 Å². The Balaban J connectivity index is 2.30. The van der Waals surface area contributed by atoms with Gasteiger partial charge in [0.05, 0.1) is 6.10 Å². The maximum Gasteiger partial charge on any atom is 0.0825 e. The van der Waals surface area contributed by atoms with E-state index < -0.39 is 0 Å². The third-order valence-electron chi connectivity index (χ3n) is 5.21. The van der Waals surface area contributed by atoms with Crippen molar-refractivity contribution in [3.63, 3.8) is 0 Å². The van der Waals surface area contributed by atoms with Gasteiger partial charge in [-0.3, -0.25) is 0 Å². The normalized spacial score (nSPS) is 28.1. The fraction of sp³-hybridized carbons (Fsp3) is 0.667. The fourth-order valence-electron chi connectivity index (χ4n) is 3.89. The average Bonchev–Trinajstić information content (AvgIpc) is 2.31. The molecule has 19 heavy (non-hydrogen) atoms. The van der Waals surface area contributed by atoms with Gasteiger partial charge in [0.1, 0.15) is 0 Å². The summed E-state index contributed by atoms with van der Waals surface area (Å²) in [5.41, 5.74) is 3.90. The molecule has 1 aliphatic rings. The molecular weight excluding hydrogens is 232 g/mol. The predicted molar refractivity (Wildman–Crippen MR) is 81.2 cm³/mol. The van der Waals surface area contributed by atoms with Gasteiger partial charge in [-0.1, -0.05) is 51.8 Å².